The van der Waals surface area contributed by atoms with Crippen molar-refractivity contribution >= 4 is 11.7 Å². The molecule has 1 amide bonds. The number of aliphatic hydroxyl groups excluding tert-OH is 1. The van der Waals surface area contributed by atoms with Gasteiger partial charge in [0.15, 0.2) is 5.82 Å². The molecule has 0 unspecified atom stereocenters. The van der Waals surface area contributed by atoms with Crippen LogP contribution < -0.4 is 9.64 Å². The Morgan fingerprint density at radius 1 is 1.38 bits per heavy atom. The number of aliphatic hydroxyl groups is 1. The van der Waals surface area contributed by atoms with Gasteiger partial charge in [0, 0.05) is 19.6 Å². The summed E-state index contributed by atoms with van der Waals surface area (Å²) in [5.74, 6) is 1.12. The standard InChI is InChI=1S/C14H22N4O3/c1-2-4-17-5-3-6-18(11-14(17)20)12-9-15-10-13(16-12)21-8-7-19/h9-10,19H,2-8,11H2,1H3. The van der Waals surface area contributed by atoms with E-state index in [0.29, 0.717) is 18.2 Å². The van der Waals surface area contributed by atoms with Crippen molar-refractivity contribution in [2.24, 2.45) is 0 Å². The molecule has 0 atom stereocenters. The minimum Gasteiger partial charge on any atom is -0.474 e. The van der Waals surface area contributed by atoms with Crippen LogP contribution in [-0.4, -0.2) is 65.3 Å². The number of carbonyl (C=O) groups excluding carboxylic acids is 1. The molecule has 0 saturated carbocycles. The molecule has 21 heavy (non-hydrogen) atoms. The van der Waals surface area contributed by atoms with Crippen molar-refractivity contribution in [3.8, 4) is 5.88 Å². The molecule has 7 heteroatoms. The summed E-state index contributed by atoms with van der Waals surface area (Å²) in [5, 5.41) is 8.76. The molecule has 7 nitrogen and oxygen atoms in total. The minimum absolute atomic E-state index is 0.0694. The van der Waals surface area contributed by atoms with Crippen molar-refractivity contribution in [3.05, 3.63) is 12.4 Å². The van der Waals surface area contributed by atoms with E-state index in [4.69, 9.17) is 9.84 Å². The van der Waals surface area contributed by atoms with Gasteiger partial charge in [-0.2, -0.15) is 4.98 Å². The third kappa shape index (κ3) is 4.29. The number of hydrogen-bond donors (Lipinski definition) is 1. The number of hydrogen-bond acceptors (Lipinski definition) is 6. The van der Waals surface area contributed by atoms with E-state index in [9.17, 15) is 4.79 Å². The van der Waals surface area contributed by atoms with Crippen LogP contribution in [0, 0.1) is 0 Å². The topological polar surface area (TPSA) is 78.8 Å². The number of amides is 1. The Balaban J connectivity index is 2.05. The van der Waals surface area contributed by atoms with Crippen LogP contribution in [0.15, 0.2) is 12.4 Å². The molecular formula is C14H22N4O3. The summed E-state index contributed by atoms with van der Waals surface area (Å²) < 4.78 is 5.26. The molecule has 1 aliphatic heterocycles. The fraction of sp³-hybridized carbons (Fsp3) is 0.643. The molecule has 0 aliphatic carbocycles. The quantitative estimate of drug-likeness (QED) is 0.813. The summed E-state index contributed by atoms with van der Waals surface area (Å²) >= 11 is 0. The molecule has 2 rings (SSSR count). The zero-order valence-electron chi connectivity index (χ0n) is 12.4. The van der Waals surface area contributed by atoms with Crippen LogP contribution in [0.5, 0.6) is 5.88 Å². The Morgan fingerprint density at radius 2 is 2.24 bits per heavy atom. The second-order valence-electron chi connectivity index (χ2n) is 4.94. The van der Waals surface area contributed by atoms with E-state index in [2.05, 4.69) is 16.9 Å². The van der Waals surface area contributed by atoms with E-state index < -0.39 is 0 Å². The van der Waals surface area contributed by atoms with Gasteiger partial charge in [-0.05, 0) is 12.8 Å². The second kappa shape index (κ2) is 7.78. The lowest BCUT2D eigenvalue weighted by Crippen LogP contribution is -2.37. The summed E-state index contributed by atoms with van der Waals surface area (Å²) in [5.41, 5.74) is 0. The molecule has 0 spiro atoms. The van der Waals surface area contributed by atoms with Crippen LogP contribution in [0.25, 0.3) is 0 Å². The molecule has 1 aromatic heterocycles. The fourth-order valence-corrected chi connectivity index (χ4v) is 2.33. The Labute approximate surface area is 124 Å². The van der Waals surface area contributed by atoms with Crippen molar-refractivity contribution in [1.29, 1.82) is 0 Å². The normalized spacial score (nSPS) is 16.0. The van der Waals surface area contributed by atoms with Gasteiger partial charge in [0.1, 0.15) is 6.61 Å². The van der Waals surface area contributed by atoms with E-state index in [1.54, 1.807) is 6.20 Å². The first-order valence-electron chi connectivity index (χ1n) is 7.33. The third-order valence-electron chi connectivity index (χ3n) is 3.29. The monoisotopic (exact) mass is 294 g/mol. The van der Waals surface area contributed by atoms with Crippen LogP contribution in [0.1, 0.15) is 19.8 Å². The number of rotatable bonds is 6. The third-order valence-corrected chi connectivity index (χ3v) is 3.29. The maximum Gasteiger partial charge on any atom is 0.242 e. The smallest absolute Gasteiger partial charge is 0.242 e. The maximum absolute atomic E-state index is 12.2. The van der Waals surface area contributed by atoms with Crippen molar-refractivity contribution < 1.29 is 14.6 Å². The van der Waals surface area contributed by atoms with Gasteiger partial charge >= 0.3 is 0 Å². The Bertz CT molecular complexity index is 469. The van der Waals surface area contributed by atoms with E-state index in [-0.39, 0.29) is 19.1 Å². The van der Waals surface area contributed by atoms with Gasteiger partial charge in [-0.1, -0.05) is 6.92 Å². The zero-order chi connectivity index (χ0) is 15.1. The summed E-state index contributed by atoms with van der Waals surface area (Å²) in [6, 6.07) is 0. The summed E-state index contributed by atoms with van der Waals surface area (Å²) in [6.45, 7) is 4.86. The van der Waals surface area contributed by atoms with E-state index in [1.807, 2.05) is 9.80 Å². The fourth-order valence-electron chi connectivity index (χ4n) is 2.33. The maximum atomic E-state index is 12.2. The number of nitrogens with zero attached hydrogens (tertiary/aromatic N) is 4. The Kier molecular flexibility index (Phi) is 5.74. The van der Waals surface area contributed by atoms with Crippen molar-refractivity contribution in [2.75, 3.05) is 44.3 Å². The molecule has 0 bridgehead atoms. The lowest BCUT2D eigenvalue weighted by atomic mass is 10.3. The minimum atomic E-state index is -0.0694. The lowest BCUT2D eigenvalue weighted by Gasteiger charge is -2.22. The van der Waals surface area contributed by atoms with Gasteiger partial charge < -0.3 is 19.6 Å². The molecule has 0 radical (unpaired) electrons. The van der Waals surface area contributed by atoms with Crippen LogP contribution >= 0.6 is 0 Å². The molecule has 1 aliphatic rings. The zero-order valence-corrected chi connectivity index (χ0v) is 12.4. The predicted molar refractivity (Wildman–Crippen MR) is 78.3 cm³/mol. The van der Waals surface area contributed by atoms with Crippen molar-refractivity contribution in [1.82, 2.24) is 14.9 Å². The summed E-state index contributed by atoms with van der Waals surface area (Å²) in [7, 11) is 0. The highest BCUT2D eigenvalue weighted by Gasteiger charge is 2.22. The first-order valence-corrected chi connectivity index (χ1v) is 7.33. The first kappa shape index (κ1) is 15.5. The second-order valence-corrected chi connectivity index (χ2v) is 4.94. The van der Waals surface area contributed by atoms with E-state index in [1.165, 1.54) is 6.20 Å². The van der Waals surface area contributed by atoms with E-state index in [0.717, 1.165) is 32.5 Å². The average Bonchev–Trinajstić information content (AvgIpc) is 2.68. The van der Waals surface area contributed by atoms with E-state index >= 15 is 0 Å². The molecule has 1 fully saturated rings. The SMILES string of the molecule is CCCN1CCCN(c2cncc(OCCO)n2)CC1=O. The van der Waals surface area contributed by atoms with Crippen LogP contribution in [0.2, 0.25) is 0 Å². The molecule has 1 aromatic rings. The van der Waals surface area contributed by atoms with Crippen molar-refractivity contribution in [3.63, 3.8) is 0 Å². The van der Waals surface area contributed by atoms with Gasteiger partial charge in [0.25, 0.3) is 0 Å². The van der Waals surface area contributed by atoms with Gasteiger partial charge in [0.05, 0.1) is 25.5 Å². The Hall–Kier alpha value is -1.89. The molecule has 116 valence electrons. The predicted octanol–water partition coefficient (Wildman–Crippen LogP) is 0.296. The van der Waals surface area contributed by atoms with Gasteiger partial charge in [-0.15, -0.1) is 0 Å². The Morgan fingerprint density at radius 3 is 3.00 bits per heavy atom. The molecule has 1 N–H and O–H groups in total. The molecular weight excluding hydrogens is 272 g/mol. The number of aromatic nitrogens is 2. The number of anilines is 1. The van der Waals surface area contributed by atoms with Gasteiger partial charge in [-0.3, -0.25) is 9.78 Å². The molecule has 0 aromatic carbocycles. The highest BCUT2D eigenvalue weighted by molar-refractivity contribution is 5.81. The van der Waals surface area contributed by atoms with Crippen molar-refractivity contribution in [2.45, 2.75) is 19.8 Å². The summed E-state index contributed by atoms with van der Waals surface area (Å²) in [6.07, 6.45) is 5.02. The van der Waals surface area contributed by atoms with Gasteiger partial charge in [-0.25, -0.2) is 0 Å². The summed E-state index contributed by atoms with van der Waals surface area (Å²) in [4.78, 5) is 24.5. The highest BCUT2D eigenvalue weighted by atomic mass is 16.5. The molecule has 1 saturated heterocycles. The average molecular weight is 294 g/mol. The number of ether oxygens (including phenoxy) is 1. The lowest BCUT2D eigenvalue weighted by molar-refractivity contribution is -0.129. The van der Waals surface area contributed by atoms with Crippen LogP contribution in [-0.2, 0) is 4.79 Å². The largest absolute Gasteiger partial charge is 0.474 e. The van der Waals surface area contributed by atoms with Gasteiger partial charge in [0.2, 0.25) is 11.8 Å². The highest BCUT2D eigenvalue weighted by Crippen LogP contribution is 2.16. The molecule has 2 heterocycles. The first-order chi connectivity index (χ1) is 10.2. The van der Waals surface area contributed by atoms with Crippen LogP contribution in [0.4, 0.5) is 5.82 Å². The van der Waals surface area contributed by atoms with Crippen LogP contribution in [0.3, 0.4) is 0 Å². The number of carbonyl (C=O) groups is 1.